The molecule has 0 aliphatic carbocycles. The number of rotatable bonds is 8. The second-order valence-corrected chi connectivity index (χ2v) is 7.17. The van der Waals surface area contributed by atoms with Crippen LogP contribution in [0.5, 0.6) is 11.5 Å². The summed E-state index contributed by atoms with van der Waals surface area (Å²) in [5, 5.41) is 6.20. The third kappa shape index (κ3) is 8.57. The zero-order valence-electron chi connectivity index (χ0n) is 14.5. The van der Waals surface area contributed by atoms with Crippen molar-refractivity contribution in [2.24, 2.45) is 4.99 Å². The van der Waals surface area contributed by atoms with Crippen LogP contribution in [0.25, 0.3) is 0 Å². The van der Waals surface area contributed by atoms with Gasteiger partial charge >= 0.3 is 0 Å². The number of guanidine groups is 1. The number of methoxy groups -OCH3 is 1. The molecule has 0 unspecified atom stereocenters. The maximum Gasteiger partial charge on any atom is 0.195 e. The van der Waals surface area contributed by atoms with E-state index in [1.807, 2.05) is 25.1 Å². The lowest BCUT2D eigenvalue weighted by molar-refractivity contribution is 0.311. The van der Waals surface area contributed by atoms with E-state index in [0.29, 0.717) is 37.0 Å². The Hall–Kier alpha value is -1.23. The molecule has 0 amide bonds. The van der Waals surface area contributed by atoms with Crippen molar-refractivity contribution in [3.63, 3.8) is 0 Å². The summed E-state index contributed by atoms with van der Waals surface area (Å²) in [6, 6.07) is 5.49. The standard InChI is InChI=1S/C15H25N3O4S.HI/c1-5-22-14-11-12(7-8-13(14)21-3)18-15(16-2)17-9-6-10-23(4,19)20;/h7-8,11H,5-6,9-10H2,1-4H3,(H2,16,17,18);1H. The summed E-state index contributed by atoms with van der Waals surface area (Å²) in [5.41, 5.74) is 0.797. The lowest BCUT2D eigenvalue weighted by Gasteiger charge is -2.14. The summed E-state index contributed by atoms with van der Waals surface area (Å²) in [4.78, 5) is 4.11. The first kappa shape index (κ1) is 22.8. The minimum atomic E-state index is -2.94. The molecule has 2 N–H and O–H groups in total. The largest absolute Gasteiger partial charge is 0.493 e. The van der Waals surface area contributed by atoms with Gasteiger partial charge in [-0.25, -0.2) is 8.42 Å². The van der Waals surface area contributed by atoms with Crippen molar-refractivity contribution in [3.8, 4) is 11.5 Å². The molecule has 0 saturated carbocycles. The highest BCUT2D eigenvalue weighted by atomic mass is 127. The second kappa shape index (κ2) is 11.3. The van der Waals surface area contributed by atoms with Gasteiger partial charge in [-0.15, -0.1) is 24.0 Å². The molecule has 1 aromatic carbocycles. The fourth-order valence-electron chi connectivity index (χ4n) is 1.88. The monoisotopic (exact) mass is 471 g/mol. The third-order valence-electron chi connectivity index (χ3n) is 2.93. The first-order chi connectivity index (χ1) is 10.9. The molecule has 9 heteroatoms. The first-order valence-corrected chi connectivity index (χ1v) is 9.42. The molecular weight excluding hydrogens is 445 g/mol. The molecule has 0 aliphatic rings. The van der Waals surface area contributed by atoms with Crippen LogP contribution in [0.15, 0.2) is 23.2 Å². The molecule has 0 atom stereocenters. The van der Waals surface area contributed by atoms with Gasteiger partial charge in [-0.2, -0.15) is 0 Å². The van der Waals surface area contributed by atoms with Gasteiger partial charge in [0.15, 0.2) is 17.5 Å². The molecule has 1 aromatic rings. The van der Waals surface area contributed by atoms with Crippen LogP contribution in [0.1, 0.15) is 13.3 Å². The summed E-state index contributed by atoms with van der Waals surface area (Å²) >= 11 is 0. The van der Waals surface area contributed by atoms with Gasteiger partial charge in [-0.1, -0.05) is 0 Å². The van der Waals surface area contributed by atoms with Gasteiger partial charge in [0.05, 0.1) is 19.5 Å². The van der Waals surface area contributed by atoms with E-state index in [-0.39, 0.29) is 29.7 Å². The summed E-state index contributed by atoms with van der Waals surface area (Å²) < 4.78 is 33.0. The van der Waals surface area contributed by atoms with Crippen LogP contribution in [-0.2, 0) is 9.84 Å². The minimum Gasteiger partial charge on any atom is -0.493 e. The number of anilines is 1. The average molecular weight is 471 g/mol. The highest BCUT2D eigenvalue weighted by Crippen LogP contribution is 2.30. The van der Waals surface area contributed by atoms with Gasteiger partial charge in [-0.3, -0.25) is 4.99 Å². The summed E-state index contributed by atoms with van der Waals surface area (Å²) in [7, 11) is 0.304. The number of hydrogen-bond donors (Lipinski definition) is 2. The zero-order valence-corrected chi connectivity index (χ0v) is 17.6. The smallest absolute Gasteiger partial charge is 0.195 e. The lowest BCUT2D eigenvalue weighted by atomic mass is 10.2. The lowest BCUT2D eigenvalue weighted by Crippen LogP contribution is -2.32. The molecule has 0 aromatic heterocycles. The van der Waals surface area contributed by atoms with E-state index >= 15 is 0 Å². The van der Waals surface area contributed by atoms with E-state index in [0.717, 1.165) is 5.69 Å². The summed E-state index contributed by atoms with van der Waals surface area (Å²) in [6.07, 6.45) is 1.75. The average Bonchev–Trinajstić information content (AvgIpc) is 2.50. The number of benzene rings is 1. The Labute approximate surface area is 161 Å². The van der Waals surface area contributed by atoms with Crippen LogP contribution in [0.3, 0.4) is 0 Å². The molecule has 0 heterocycles. The number of ether oxygens (including phenoxy) is 2. The molecule has 0 aliphatic heterocycles. The van der Waals surface area contributed by atoms with Crippen molar-refractivity contribution >= 4 is 45.5 Å². The number of hydrogen-bond acceptors (Lipinski definition) is 5. The predicted molar refractivity (Wildman–Crippen MR) is 109 cm³/mol. The Morgan fingerprint density at radius 2 is 2.00 bits per heavy atom. The molecule has 0 saturated heterocycles. The summed E-state index contributed by atoms with van der Waals surface area (Å²) in [6.45, 7) is 2.96. The van der Waals surface area contributed by atoms with Gasteiger partial charge in [-0.05, 0) is 25.5 Å². The van der Waals surface area contributed by atoms with Crippen LogP contribution in [0, 0.1) is 0 Å². The fraction of sp³-hybridized carbons (Fsp3) is 0.533. The van der Waals surface area contributed by atoms with Crippen molar-refractivity contribution in [2.75, 3.05) is 44.6 Å². The van der Waals surface area contributed by atoms with E-state index < -0.39 is 9.84 Å². The van der Waals surface area contributed by atoms with Crippen LogP contribution in [-0.4, -0.2) is 53.7 Å². The molecule has 7 nitrogen and oxygen atoms in total. The molecular formula is C15H26IN3O4S. The van der Waals surface area contributed by atoms with Crippen molar-refractivity contribution in [1.29, 1.82) is 0 Å². The molecule has 0 fully saturated rings. The number of halogens is 1. The quantitative estimate of drug-likeness (QED) is 0.262. The van der Waals surface area contributed by atoms with Gasteiger partial charge in [0.2, 0.25) is 0 Å². The molecule has 0 spiro atoms. The Balaban J connectivity index is 0.00000529. The second-order valence-electron chi connectivity index (χ2n) is 4.91. The van der Waals surface area contributed by atoms with E-state index in [2.05, 4.69) is 15.6 Å². The zero-order chi connectivity index (χ0) is 17.3. The summed E-state index contributed by atoms with van der Waals surface area (Å²) in [5.74, 6) is 2.01. The van der Waals surface area contributed by atoms with Crippen molar-refractivity contribution < 1.29 is 17.9 Å². The first-order valence-electron chi connectivity index (χ1n) is 7.35. The van der Waals surface area contributed by atoms with E-state index in [9.17, 15) is 8.42 Å². The Morgan fingerprint density at radius 1 is 1.29 bits per heavy atom. The van der Waals surface area contributed by atoms with Crippen LogP contribution in [0.4, 0.5) is 5.69 Å². The van der Waals surface area contributed by atoms with E-state index in [1.165, 1.54) is 6.26 Å². The van der Waals surface area contributed by atoms with Crippen LogP contribution >= 0.6 is 24.0 Å². The SMILES string of the molecule is CCOc1cc(NC(=NC)NCCCS(C)(=O)=O)ccc1OC.I. The van der Waals surface area contributed by atoms with Crippen LogP contribution < -0.4 is 20.1 Å². The number of nitrogens with zero attached hydrogens (tertiary/aromatic N) is 1. The van der Waals surface area contributed by atoms with E-state index in [1.54, 1.807) is 14.2 Å². The number of aliphatic imine (C=N–C) groups is 1. The molecule has 24 heavy (non-hydrogen) atoms. The van der Waals surface area contributed by atoms with Gasteiger partial charge in [0.1, 0.15) is 9.84 Å². The van der Waals surface area contributed by atoms with Gasteiger partial charge < -0.3 is 20.1 Å². The van der Waals surface area contributed by atoms with Crippen LogP contribution in [0.2, 0.25) is 0 Å². The van der Waals surface area contributed by atoms with Gasteiger partial charge in [0, 0.05) is 31.6 Å². The topological polar surface area (TPSA) is 89.0 Å². The third-order valence-corrected chi connectivity index (χ3v) is 3.96. The fourth-order valence-corrected chi connectivity index (χ4v) is 2.55. The van der Waals surface area contributed by atoms with E-state index in [4.69, 9.17) is 9.47 Å². The highest BCUT2D eigenvalue weighted by Gasteiger charge is 2.07. The van der Waals surface area contributed by atoms with Crippen molar-refractivity contribution in [1.82, 2.24) is 5.32 Å². The number of nitrogens with one attached hydrogen (secondary N) is 2. The molecule has 1 rings (SSSR count). The number of sulfone groups is 1. The Kier molecular flexibility index (Phi) is 10.8. The molecule has 0 radical (unpaired) electrons. The Bertz CT molecular complexity index is 636. The molecule has 0 bridgehead atoms. The maximum absolute atomic E-state index is 11.1. The minimum absolute atomic E-state index is 0. The predicted octanol–water partition coefficient (Wildman–Crippen LogP) is 2.13. The van der Waals surface area contributed by atoms with Gasteiger partial charge in [0.25, 0.3) is 0 Å². The Morgan fingerprint density at radius 3 is 2.54 bits per heavy atom. The normalized spacial score (nSPS) is 11.4. The van der Waals surface area contributed by atoms with Crippen molar-refractivity contribution in [2.45, 2.75) is 13.3 Å². The molecule has 138 valence electrons. The highest BCUT2D eigenvalue weighted by molar-refractivity contribution is 14.0. The van der Waals surface area contributed by atoms with Crippen molar-refractivity contribution in [3.05, 3.63) is 18.2 Å². The maximum atomic E-state index is 11.1.